The average molecular weight is 341 g/mol. The van der Waals surface area contributed by atoms with Crippen LogP contribution in [0.2, 0.25) is 0 Å². The molecule has 0 spiro atoms. The first-order valence-electron chi connectivity index (χ1n) is 6.99. The van der Waals surface area contributed by atoms with Crippen molar-refractivity contribution in [2.75, 3.05) is 0 Å². The molecule has 24 heavy (non-hydrogen) atoms. The lowest BCUT2D eigenvalue weighted by Crippen LogP contribution is -2.53. The van der Waals surface area contributed by atoms with Crippen molar-refractivity contribution < 1.29 is 29.4 Å². The van der Waals surface area contributed by atoms with Gasteiger partial charge in [0.05, 0.1) is 18.8 Å². The van der Waals surface area contributed by atoms with E-state index < -0.39 is 48.3 Å². The monoisotopic (exact) mass is 341 g/mol. The minimum Gasteiger partial charge on any atom is -0.481 e. The molecule has 0 saturated heterocycles. The van der Waals surface area contributed by atoms with Crippen LogP contribution in [0.25, 0.3) is 0 Å². The molecule has 1 aromatic heterocycles. The number of rotatable bonds is 9. The average Bonchev–Trinajstić information content (AvgIpc) is 2.98. The molecular weight excluding hydrogens is 322 g/mol. The van der Waals surface area contributed by atoms with Gasteiger partial charge in [-0.15, -0.1) is 0 Å². The van der Waals surface area contributed by atoms with Gasteiger partial charge >= 0.3 is 11.9 Å². The molecule has 0 saturated carbocycles. The Balaban J connectivity index is 2.53. The first-order valence-corrected chi connectivity index (χ1v) is 6.99. The molecule has 132 valence electrons. The van der Waals surface area contributed by atoms with Crippen molar-refractivity contribution in [1.82, 2.24) is 20.6 Å². The van der Waals surface area contributed by atoms with Gasteiger partial charge in [-0.2, -0.15) is 0 Å². The SMILES string of the molecule is CC(NC(=O)C(N)Cc1cnc[nH]1)C(=O)NC(CC(=O)O)C(=O)O. The molecular formula is C13H19N5O6. The van der Waals surface area contributed by atoms with Gasteiger partial charge in [-0.1, -0.05) is 0 Å². The Morgan fingerprint density at radius 3 is 2.42 bits per heavy atom. The zero-order valence-electron chi connectivity index (χ0n) is 12.9. The molecule has 3 atom stereocenters. The number of carbonyl (C=O) groups excluding carboxylic acids is 2. The van der Waals surface area contributed by atoms with Crippen molar-refractivity contribution >= 4 is 23.8 Å². The first kappa shape index (κ1) is 19.1. The van der Waals surface area contributed by atoms with Crippen molar-refractivity contribution in [3.8, 4) is 0 Å². The van der Waals surface area contributed by atoms with E-state index in [0.717, 1.165) is 0 Å². The molecule has 0 aliphatic carbocycles. The molecule has 3 unspecified atom stereocenters. The number of hydrogen-bond donors (Lipinski definition) is 6. The van der Waals surface area contributed by atoms with Gasteiger partial charge < -0.3 is 31.6 Å². The van der Waals surface area contributed by atoms with E-state index in [1.54, 1.807) is 0 Å². The maximum absolute atomic E-state index is 11.9. The number of carboxylic acids is 2. The van der Waals surface area contributed by atoms with Gasteiger partial charge in [0.2, 0.25) is 11.8 Å². The van der Waals surface area contributed by atoms with Crippen LogP contribution in [0.5, 0.6) is 0 Å². The summed E-state index contributed by atoms with van der Waals surface area (Å²) in [6.07, 6.45) is 2.34. The predicted molar refractivity (Wildman–Crippen MR) is 79.7 cm³/mol. The largest absolute Gasteiger partial charge is 0.481 e. The molecule has 11 heteroatoms. The Kier molecular flexibility index (Phi) is 6.86. The summed E-state index contributed by atoms with van der Waals surface area (Å²) in [6, 6.07) is -3.61. The summed E-state index contributed by atoms with van der Waals surface area (Å²) in [7, 11) is 0. The van der Waals surface area contributed by atoms with Crippen LogP contribution < -0.4 is 16.4 Å². The summed E-state index contributed by atoms with van der Waals surface area (Å²) < 4.78 is 0. The highest BCUT2D eigenvalue weighted by molar-refractivity contribution is 5.92. The van der Waals surface area contributed by atoms with Gasteiger partial charge in [0, 0.05) is 18.3 Å². The number of aromatic nitrogens is 2. The molecule has 2 amide bonds. The lowest BCUT2D eigenvalue weighted by Gasteiger charge is -2.19. The van der Waals surface area contributed by atoms with Crippen LogP contribution in [0.4, 0.5) is 0 Å². The quantitative estimate of drug-likeness (QED) is 0.292. The predicted octanol–water partition coefficient (Wildman–Crippen LogP) is -2.17. The van der Waals surface area contributed by atoms with Gasteiger partial charge in [0.25, 0.3) is 0 Å². The van der Waals surface area contributed by atoms with Crippen molar-refractivity contribution in [3.05, 3.63) is 18.2 Å². The molecule has 11 nitrogen and oxygen atoms in total. The number of carboxylic acid groups (broad SMARTS) is 2. The van der Waals surface area contributed by atoms with Gasteiger partial charge in [-0.05, 0) is 6.92 Å². The van der Waals surface area contributed by atoms with Gasteiger partial charge in [-0.3, -0.25) is 14.4 Å². The minimum atomic E-state index is -1.59. The summed E-state index contributed by atoms with van der Waals surface area (Å²) in [5.41, 5.74) is 6.35. The number of hydrogen-bond acceptors (Lipinski definition) is 6. The normalized spacial score (nSPS) is 14.2. The van der Waals surface area contributed by atoms with Crippen LogP contribution in [-0.4, -0.2) is 62.1 Å². The first-order chi connectivity index (χ1) is 11.2. The summed E-state index contributed by atoms with van der Waals surface area (Å²) in [6.45, 7) is 1.33. The molecule has 0 fully saturated rings. The van der Waals surface area contributed by atoms with Crippen molar-refractivity contribution in [3.63, 3.8) is 0 Å². The minimum absolute atomic E-state index is 0.178. The fourth-order valence-electron chi connectivity index (χ4n) is 1.78. The topological polar surface area (TPSA) is 187 Å². The smallest absolute Gasteiger partial charge is 0.326 e. The molecule has 0 aromatic carbocycles. The Labute approximate surface area is 136 Å². The number of aliphatic carboxylic acids is 2. The zero-order valence-corrected chi connectivity index (χ0v) is 12.9. The van der Waals surface area contributed by atoms with Crippen molar-refractivity contribution in [2.45, 2.75) is 37.9 Å². The number of nitrogens with zero attached hydrogens (tertiary/aromatic N) is 1. The van der Waals surface area contributed by atoms with E-state index in [2.05, 4.69) is 15.3 Å². The van der Waals surface area contributed by atoms with Crippen LogP contribution in [-0.2, 0) is 25.6 Å². The van der Waals surface area contributed by atoms with E-state index in [4.69, 9.17) is 15.9 Å². The fraction of sp³-hybridized carbons (Fsp3) is 0.462. The third-order valence-corrected chi connectivity index (χ3v) is 3.08. The summed E-state index contributed by atoms with van der Waals surface area (Å²) in [5.74, 6) is -4.30. The number of nitrogens with one attached hydrogen (secondary N) is 3. The van der Waals surface area contributed by atoms with E-state index in [-0.39, 0.29) is 6.42 Å². The zero-order chi connectivity index (χ0) is 18.3. The highest BCUT2D eigenvalue weighted by Crippen LogP contribution is 1.98. The Bertz CT molecular complexity index is 602. The van der Waals surface area contributed by atoms with Crippen molar-refractivity contribution in [2.24, 2.45) is 5.73 Å². The summed E-state index contributed by atoms with van der Waals surface area (Å²) in [4.78, 5) is 51.8. The Morgan fingerprint density at radius 2 is 1.92 bits per heavy atom. The molecule has 1 heterocycles. The standard InChI is InChI=1S/C13H19N5O6/c1-6(11(21)18-9(13(23)24)3-10(19)20)17-12(22)8(14)2-7-4-15-5-16-7/h4-6,8-9H,2-3,14H2,1H3,(H,15,16)(H,17,22)(H,18,21)(H,19,20)(H,23,24). The van der Waals surface area contributed by atoms with E-state index in [0.29, 0.717) is 5.69 Å². The lowest BCUT2D eigenvalue weighted by molar-refractivity contribution is -0.147. The Hall–Kier alpha value is -2.95. The highest BCUT2D eigenvalue weighted by Gasteiger charge is 2.27. The third kappa shape index (κ3) is 6.04. The molecule has 1 rings (SSSR count). The van der Waals surface area contributed by atoms with Crippen molar-refractivity contribution in [1.29, 1.82) is 0 Å². The van der Waals surface area contributed by atoms with Crippen LogP contribution in [0.1, 0.15) is 19.0 Å². The van der Waals surface area contributed by atoms with Gasteiger partial charge in [0.1, 0.15) is 12.1 Å². The fourth-order valence-corrected chi connectivity index (χ4v) is 1.78. The highest BCUT2D eigenvalue weighted by atomic mass is 16.4. The lowest BCUT2D eigenvalue weighted by atomic mass is 10.1. The second-order valence-electron chi connectivity index (χ2n) is 5.12. The van der Waals surface area contributed by atoms with Gasteiger partial charge in [-0.25, -0.2) is 9.78 Å². The van der Waals surface area contributed by atoms with Crippen LogP contribution >= 0.6 is 0 Å². The molecule has 0 aliphatic rings. The third-order valence-electron chi connectivity index (χ3n) is 3.08. The molecule has 0 bridgehead atoms. The van der Waals surface area contributed by atoms with Crippen LogP contribution in [0.3, 0.4) is 0 Å². The summed E-state index contributed by atoms with van der Waals surface area (Å²) in [5, 5.41) is 21.9. The molecule has 0 radical (unpaired) electrons. The number of H-pyrrole nitrogens is 1. The Morgan fingerprint density at radius 1 is 1.25 bits per heavy atom. The molecule has 7 N–H and O–H groups in total. The van der Waals surface area contributed by atoms with E-state index >= 15 is 0 Å². The van der Waals surface area contributed by atoms with E-state index in [1.807, 2.05) is 5.32 Å². The van der Waals surface area contributed by atoms with Crippen LogP contribution in [0.15, 0.2) is 12.5 Å². The van der Waals surface area contributed by atoms with Gasteiger partial charge in [0.15, 0.2) is 0 Å². The second kappa shape index (κ2) is 8.62. The number of nitrogens with two attached hydrogens (primary N) is 1. The number of imidazole rings is 1. The number of amides is 2. The number of aromatic amines is 1. The number of carbonyl (C=O) groups is 4. The van der Waals surface area contributed by atoms with E-state index in [9.17, 15) is 19.2 Å². The van der Waals surface area contributed by atoms with Crippen LogP contribution in [0, 0.1) is 0 Å². The maximum atomic E-state index is 11.9. The molecule has 0 aliphatic heterocycles. The maximum Gasteiger partial charge on any atom is 0.326 e. The molecule has 1 aromatic rings. The second-order valence-corrected chi connectivity index (χ2v) is 5.12. The summed E-state index contributed by atoms with van der Waals surface area (Å²) >= 11 is 0. The van der Waals surface area contributed by atoms with E-state index in [1.165, 1.54) is 19.4 Å².